The Morgan fingerprint density at radius 2 is 1.40 bits per heavy atom. The Bertz CT molecular complexity index is 1180. The molecule has 0 bridgehead atoms. The Kier molecular flexibility index (Phi) is 7.77. The van der Waals surface area contributed by atoms with Crippen LogP contribution < -0.4 is 10.6 Å². The van der Waals surface area contributed by atoms with Gasteiger partial charge < -0.3 is 20.5 Å². The van der Waals surface area contributed by atoms with Crippen LogP contribution in [0.5, 0.6) is 0 Å². The lowest BCUT2D eigenvalue weighted by Gasteiger charge is -2.15. The van der Waals surface area contributed by atoms with Crippen LogP contribution in [0.3, 0.4) is 0 Å². The molecule has 7 nitrogen and oxygen atoms in total. The predicted octanol–water partition coefficient (Wildman–Crippen LogP) is 4.25. The summed E-state index contributed by atoms with van der Waals surface area (Å²) in [7, 11) is 0. The summed E-state index contributed by atoms with van der Waals surface area (Å²) in [5.41, 5.74) is 6.27. The Morgan fingerprint density at radius 1 is 0.800 bits per heavy atom. The molecule has 3 aromatic rings. The molecule has 2 amide bonds. The maximum Gasteiger partial charge on any atom is 0.407 e. The van der Waals surface area contributed by atoms with Crippen LogP contribution in [0, 0.1) is 0 Å². The highest BCUT2D eigenvalue weighted by atomic mass is 16.5. The number of hydrogen-bond donors (Lipinski definition) is 3. The van der Waals surface area contributed by atoms with Crippen molar-refractivity contribution < 1.29 is 24.2 Å². The molecule has 3 aromatic carbocycles. The van der Waals surface area contributed by atoms with Gasteiger partial charge in [-0.3, -0.25) is 9.59 Å². The van der Waals surface area contributed by atoms with E-state index in [4.69, 9.17) is 9.84 Å². The summed E-state index contributed by atoms with van der Waals surface area (Å²) in [6, 6.07) is 23.7. The summed E-state index contributed by atoms with van der Waals surface area (Å²) in [5, 5.41) is 14.2. The quantitative estimate of drug-likeness (QED) is 0.383. The minimum Gasteiger partial charge on any atom is -0.481 e. The number of carbonyl (C=O) groups is 3. The Morgan fingerprint density at radius 3 is 2.06 bits per heavy atom. The van der Waals surface area contributed by atoms with Crippen LogP contribution in [0.2, 0.25) is 0 Å². The first-order chi connectivity index (χ1) is 17.0. The van der Waals surface area contributed by atoms with Crippen molar-refractivity contribution in [2.24, 2.45) is 0 Å². The number of fused-ring (bicyclic) bond motifs is 3. The molecule has 3 N–H and O–H groups in total. The van der Waals surface area contributed by atoms with Gasteiger partial charge in [-0.2, -0.15) is 0 Å². The van der Waals surface area contributed by atoms with E-state index < -0.39 is 12.1 Å². The normalized spacial score (nSPS) is 11.9. The topological polar surface area (TPSA) is 105 Å². The number of carboxylic acid groups (broad SMARTS) is 1. The van der Waals surface area contributed by atoms with Gasteiger partial charge in [-0.25, -0.2) is 4.79 Å². The standard InChI is InChI=1S/C28H28N2O5/c31-26(29-15-7-14-27(32)33)16-19-8-1-2-9-20(19)17-30-28(34)35-18-25-23-12-5-3-10-21(23)22-11-4-6-13-24(22)25/h1-6,8-13,25H,7,14-18H2,(H,29,31)(H,30,34)(H,32,33). The number of nitrogens with one attached hydrogen (secondary N) is 2. The smallest absolute Gasteiger partial charge is 0.407 e. The van der Waals surface area contributed by atoms with E-state index in [0.29, 0.717) is 13.0 Å². The summed E-state index contributed by atoms with van der Waals surface area (Å²) in [6.07, 6.45) is 0.0302. The predicted molar refractivity (Wildman–Crippen MR) is 132 cm³/mol. The summed E-state index contributed by atoms with van der Waals surface area (Å²) in [5.74, 6) is -1.09. The fraction of sp³-hybridized carbons (Fsp3) is 0.250. The molecule has 1 aliphatic rings. The minimum atomic E-state index is -0.885. The molecule has 4 rings (SSSR count). The molecule has 180 valence electrons. The van der Waals surface area contributed by atoms with Gasteiger partial charge in [0, 0.05) is 25.4 Å². The maximum atomic E-state index is 12.5. The van der Waals surface area contributed by atoms with Gasteiger partial charge in [0.05, 0.1) is 6.42 Å². The maximum absolute atomic E-state index is 12.5. The van der Waals surface area contributed by atoms with Crippen LogP contribution in [0.25, 0.3) is 11.1 Å². The van der Waals surface area contributed by atoms with E-state index in [0.717, 1.165) is 22.3 Å². The number of ether oxygens (including phenoxy) is 1. The van der Waals surface area contributed by atoms with Crippen LogP contribution in [0.4, 0.5) is 4.79 Å². The Labute approximate surface area is 204 Å². The fourth-order valence-electron chi connectivity index (χ4n) is 4.42. The summed E-state index contributed by atoms with van der Waals surface area (Å²) in [6.45, 7) is 0.782. The lowest BCUT2D eigenvalue weighted by molar-refractivity contribution is -0.137. The van der Waals surface area contributed by atoms with Crippen molar-refractivity contribution >= 4 is 18.0 Å². The van der Waals surface area contributed by atoms with Gasteiger partial charge in [0.2, 0.25) is 5.91 Å². The first kappa shape index (κ1) is 24.0. The highest BCUT2D eigenvalue weighted by Gasteiger charge is 2.29. The first-order valence-corrected chi connectivity index (χ1v) is 11.7. The number of hydrogen-bond acceptors (Lipinski definition) is 4. The fourth-order valence-corrected chi connectivity index (χ4v) is 4.42. The zero-order valence-corrected chi connectivity index (χ0v) is 19.3. The SMILES string of the molecule is O=C(O)CCCNC(=O)Cc1ccccc1CNC(=O)OCC1c2ccccc2-c2ccccc21. The molecule has 0 spiro atoms. The van der Waals surface area contributed by atoms with Gasteiger partial charge in [-0.05, 0) is 39.8 Å². The Balaban J connectivity index is 1.30. The van der Waals surface area contributed by atoms with Crippen LogP contribution in [0.15, 0.2) is 72.8 Å². The van der Waals surface area contributed by atoms with Gasteiger partial charge in [0.25, 0.3) is 0 Å². The Hall–Kier alpha value is -4.13. The van der Waals surface area contributed by atoms with Crippen molar-refractivity contribution in [1.82, 2.24) is 10.6 Å². The van der Waals surface area contributed by atoms with E-state index in [1.54, 1.807) is 0 Å². The molecule has 1 aliphatic carbocycles. The highest BCUT2D eigenvalue weighted by Crippen LogP contribution is 2.44. The van der Waals surface area contributed by atoms with Crippen molar-refractivity contribution in [2.75, 3.05) is 13.2 Å². The molecule has 0 atom stereocenters. The second kappa shape index (κ2) is 11.3. The molecule has 7 heteroatoms. The molecule has 0 unspecified atom stereocenters. The molecular weight excluding hydrogens is 444 g/mol. The zero-order valence-electron chi connectivity index (χ0n) is 19.3. The zero-order chi connectivity index (χ0) is 24.6. The van der Waals surface area contributed by atoms with Gasteiger partial charge >= 0.3 is 12.1 Å². The van der Waals surface area contributed by atoms with Gasteiger partial charge in [0.1, 0.15) is 6.61 Å². The third kappa shape index (κ3) is 6.06. The molecule has 35 heavy (non-hydrogen) atoms. The van der Waals surface area contributed by atoms with Crippen molar-refractivity contribution in [1.29, 1.82) is 0 Å². The molecular formula is C28H28N2O5. The number of benzene rings is 3. The second-order valence-corrected chi connectivity index (χ2v) is 8.47. The number of carbonyl (C=O) groups excluding carboxylic acids is 2. The molecule has 0 aliphatic heterocycles. The number of amides is 2. The molecule has 0 radical (unpaired) electrons. The highest BCUT2D eigenvalue weighted by molar-refractivity contribution is 5.80. The van der Waals surface area contributed by atoms with E-state index in [9.17, 15) is 14.4 Å². The van der Waals surface area contributed by atoms with E-state index in [-0.39, 0.29) is 37.8 Å². The third-order valence-corrected chi connectivity index (χ3v) is 6.13. The van der Waals surface area contributed by atoms with Crippen LogP contribution in [0.1, 0.15) is 41.0 Å². The molecule has 0 saturated heterocycles. The summed E-state index contributed by atoms with van der Waals surface area (Å²) >= 11 is 0. The number of aliphatic carboxylic acids is 1. The first-order valence-electron chi connectivity index (χ1n) is 11.7. The number of carboxylic acids is 1. The number of rotatable bonds is 10. The van der Waals surface area contributed by atoms with Crippen molar-refractivity contribution in [3.8, 4) is 11.1 Å². The van der Waals surface area contributed by atoms with E-state index in [2.05, 4.69) is 34.9 Å². The summed E-state index contributed by atoms with van der Waals surface area (Å²) in [4.78, 5) is 35.3. The molecule has 0 fully saturated rings. The largest absolute Gasteiger partial charge is 0.481 e. The van der Waals surface area contributed by atoms with Crippen LogP contribution in [-0.2, 0) is 27.3 Å². The van der Waals surface area contributed by atoms with Gasteiger partial charge in [-0.15, -0.1) is 0 Å². The number of alkyl carbamates (subject to hydrolysis) is 1. The van der Waals surface area contributed by atoms with E-state index >= 15 is 0 Å². The van der Waals surface area contributed by atoms with Gasteiger partial charge in [0.15, 0.2) is 0 Å². The second-order valence-electron chi connectivity index (χ2n) is 8.47. The third-order valence-electron chi connectivity index (χ3n) is 6.13. The molecule has 0 heterocycles. The van der Waals surface area contributed by atoms with Crippen LogP contribution >= 0.6 is 0 Å². The van der Waals surface area contributed by atoms with Crippen LogP contribution in [-0.4, -0.2) is 36.2 Å². The average Bonchev–Trinajstić information content (AvgIpc) is 3.18. The molecule has 0 saturated carbocycles. The summed E-state index contributed by atoms with van der Waals surface area (Å²) < 4.78 is 5.59. The molecule has 0 aromatic heterocycles. The lowest BCUT2D eigenvalue weighted by Crippen LogP contribution is -2.28. The monoisotopic (exact) mass is 472 g/mol. The van der Waals surface area contributed by atoms with Gasteiger partial charge in [-0.1, -0.05) is 72.8 Å². The van der Waals surface area contributed by atoms with E-state index in [1.807, 2.05) is 48.5 Å². The van der Waals surface area contributed by atoms with E-state index in [1.165, 1.54) is 11.1 Å². The minimum absolute atomic E-state index is 0.00902. The average molecular weight is 473 g/mol. The lowest BCUT2D eigenvalue weighted by atomic mass is 9.98. The van der Waals surface area contributed by atoms with Crippen molar-refractivity contribution in [3.63, 3.8) is 0 Å². The van der Waals surface area contributed by atoms with Crippen molar-refractivity contribution in [3.05, 3.63) is 95.1 Å². The van der Waals surface area contributed by atoms with Crippen molar-refractivity contribution in [2.45, 2.75) is 31.7 Å².